The second kappa shape index (κ2) is 7.44. The average molecular weight is 403 g/mol. The van der Waals surface area contributed by atoms with Crippen molar-refractivity contribution in [1.82, 2.24) is 4.98 Å². The molecular formula is C22H17N3O3S. The molecule has 1 aromatic heterocycles. The summed E-state index contributed by atoms with van der Waals surface area (Å²) in [4.78, 5) is 27.9. The van der Waals surface area contributed by atoms with Crippen molar-refractivity contribution >= 4 is 38.8 Å². The summed E-state index contributed by atoms with van der Waals surface area (Å²) in [6, 6.07) is 18.1. The number of nitro groups is 1. The molecule has 0 unspecified atom stereocenters. The van der Waals surface area contributed by atoms with Crippen molar-refractivity contribution < 1.29 is 9.72 Å². The van der Waals surface area contributed by atoms with Gasteiger partial charge in [0.25, 0.3) is 11.6 Å². The Kier molecular flexibility index (Phi) is 4.82. The Hall–Kier alpha value is -3.58. The van der Waals surface area contributed by atoms with Crippen LogP contribution < -0.4 is 5.32 Å². The number of nitrogens with one attached hydrogen (secondary N) is 1. The summed E-state index contributed by atoms with van der Waals surface area (Å²) in [5, 5.41) is 14.8. The molecule has 0 spiro atoms. The molecule has 0 fully saturated rings. The molecule has 1 heterocycles. The van der Waals surface area contributed by atoms with Gasteiger partial charge in [-0.05, 0) is 49.7 Å². The third kappa shape index (κ3) is 3.72. The molecule has 7 heteroatoms. The summed E-state index contributed by atoms with van der Waals surface area (Å²) >= 11 is 1.60. The van der Waals surface area contributed by atoms with E-state index in [2.05, 4.69) is 10.3 Å². The summed E-state index contributed by atoms with van der Waals surface area (Å²) < 4.78 is 1.11. The maximum Gasteiger partial charge on any atom is 0.272 e. The number of rotatable bonds is 4. The zero-order valence-corrected chi connectivity index (χ0v) is 16.6. The highest BCUT2D eigenvalue weighted by molar-refractivity contribution is 7.21. The number of carbonyl (C=O) groups is 1. The molecule has 4 rings (SSSR count). The van der Waals surface area contributed by atoms with E-state index in [0.29, 0.717) is 16.8 Å². The highest BCUT2D eigenvalue weighted by Crippen LogP contribution is 2.32. The standard InChI is InChI=1S/C22H17N3O3S/c1-13-7-8-16(22-24-17-5-3-4-6-20(17)29-22)12-18(13)23-21(26)15-9-10-19(25(27)28)14(2)11-15/h3-12H,1-2H3,(H,23,26). The van der Waals surface area contributed by atoms with Crippen molar-refractivity contribution in [3.05, 3.63) is 87.5 Å². The van der Waals surface area contributed by atoms with Crippen LogP contribution in [0.5, 0.6) is 0 Å². The Morgan fingerprint density at radius 3 is 2.55 bits per heavy atom. The van der Waals surface area contributed by atoms with Crippen molar-refractivity contribution in [3.8, 4) is 10.6 Å². The smallest absolute Gasteiger partial charge is 0.272 e. The van der Waals surface area contributed by atoms with E-state index < -0.39 is 4.92 Å². The lowest BCUT2D eigenvalue weighted by Crippen LogP contribution is -2.13. The van der Waals surface area contributed by atoms with Crippen LogP contribution in [0.3, 0.4) is 0 Å². The minimum absolute atomic E-state index is 0.00411. The number of hydrogen-bond donors (Lipinski definition) is 1. The van der Waals surface area contributed by atoms with Gasteiger partial charge in [0.1, 0.15) is 5.01 Å². The summed E-state index contributed by atoms with van der Waals surface area (Å²) in [6.45, 7) is 3.53. The van der Waals surface area contributed by atoms with E-state index in [0.717, 1.165) is 26.4 Å². The van der Waals surface area contributed by atoms with Crippen LogP contribution in [0.4, 0.5) is 11.4 Å². The SMILES string of the molecule is Cc1ccc(-c2nc3ccccc3s2)cc1NC(=O)c1ccc([N+](=O)[O-])c(C)c1. The van der Waals surface area contributed by atoms with E-state index in [1.807, 2.05) is 49.4 Å². The van der Waals surface area contributed by atoms with Gasteiger partial charge in [-0.15, -0.1) is 11.3 Å². The number of nitrogens with zero attached hydrogens (tertiary/aromatic N) is 2. The summed E-state index contributed by atoms with van der Waals surface area (Å²) in [5.74, 6) is -0.312. The van der Waals surface area contributed by atoms with Gasteiger partial charge in [0.05, 0.1) is 15.1 Å². The molecule has 4 aromatic rings. The lowest BCUT2D eigenvalue weighted by molar-refractivity contribution is -0.385. The van der Waals surface area contributed by atoms with Crippen molar-refractivity contribution in [1.29, 1.82) is 0 Å². The maximum atomic E-state index is 12.7. The van der Waals surface area contributed by atoms with Gasteiger partial charge in [0.15, 0.2) is 0 Å². The van der Waals surface area contributed by atoms with Crippen LogP contribution in [0.1, 0.15) is 21.5 Å². The monoisotopic (exact) mass is 403 g/mol. The van der Waals surface area contributed by atoms with Crippen LogP contribution in [-0.2, 0) is 0 Å². The third-order valence-electron chi connectivity index (χ3n) is 4.68. The van der Waals surface area contributed by atoms with Crippen LogP contribution in [0.25, 0.3) is 20.8 Å². The zero-order chi connectivity index (χ0) is 20.5. The number of hydrogen-bond acceptors (Lipinski definition) is 5. The van der Waals surface area contributed by atoms with Crippen molar-refractivity contribution in [2.75, 3.05) is 5.32 Å². The van der Waals surface area contributed by atoms with Crippen molar-refractivity contribution in [2.45, 2.75) is 13.8 Å². The minimum atomic E-state index is -0.456. The zero-order valence-electron chi connectivity index (χ0n) is 15.8. The minimum Gasteiger partial charge on any atom is -0.322 e. The predicted octanol–water partition coefficient (Wildman–Crippen LogP) is 5.74. The number of carbonyl (C=O) groups excluding carboxylic acids is 1. The van der Waals surface area contributed by atoms with E-state index in [4.69, 9.17) is 0 Å². The Labute approximate surface area is 171 Å². The topological polar surface area (TPSA) is 85.1 Å². The van der Waals surface area contributed by atoms with E-state index in [1.54, 1.807) is 18.3 Å². The van der Waals surface area contributed by atoms with Crippen LogP contribution in [-0.4, -0.2) is 15.8 Å². The first-order valence-corrected chi connectivity index (χ1v) is 9.77. The maximum absolute atomic E-state index is 12.7. The quantitative estimate of drug-likeness (QED) is 0.348. The van der Waals surface area contributed by atoms with E-state index in [9.17, 15) is 14.9 Å². The Bertz CT molecular complexity index is 1230. The van der Waals surface area contributed by atoms with Gasteiger partial charge in [0.2, 0.25) is 0 Å². The number of benzene rings is 3. The van der Waals surface area contributed by atoms with Crippen molar-refractivity contribution in [2.24, 2.45) is 0 Å². The molecule has 0 saturated heterocycles. The molecule has 144 valence electrons. The van der Waals surface area contributed by atoms with Gasteiger partial charge in [-0.3, -0.25) is 14.9 Å². The number of fused-ring (bicyclic) bond motifs is 1. The van der Waals surface area contributed by atoms with E-state index in [-0.39, 0.29) is 11.6 Å². The van der Waals surface area contributed by atoms with Crippen LogP contribution in [0.2, 0.25) is 0 Å². The summed E-state index contributed by atoms with van der Waals surface area (Å²) in [5.41, 5.74) is 4.28. The molecule has 0 radical (unpaired) electrons. The van der Waals surface area contributed by atoms with E-state index >= 15 is 0 Å². The van der Waals surface area contributed by atoms with Gasteiger partial charge in [-0.2, -0.15) is 0 Å². The number of thiazole rings is 1. The molecule has 0 aliphatic carbocycles. The second-order valence-electron chi connectivity index (χ2n) is 6.73. The third-order valence-corrected chi connectivity index (χ3v) is 5.77. The number of anilines is 1. The first kappa shape index (κ1) is 18.8. The highest BCUT2D eigenvalue weighted by Gasteiger charge is 2.15. The number of para-hydroxylation sites is 1. The number of nitro benzene ring substituents is 1. The largest absolute Gasteiger partial charge is 0.322 e. The molecule has 1 N–H and O–H groups in total. The average Bonchev–Trinajstić information content (AvgIpc) is 3.13. The lowest BCUT2D eigenvalue weighted by atomic mass is 10.1. The van der Waals surface area contributed by atoms with Gasteiger partial charge in [-0.1, -0.05) is 24.3 Å². The fourth-order valence-electron chi connectivity index (χ4n) is 3.08. The molecule has 1 amide bonds. The van der Waals surface area contributed by atoms with Gasteiger partial charge in [0, 0.05) is 28.4 Å². The molecular weight excluding hydrogens is 386 g/mol. The fourth-order valence-corrected chi connectivity index (χ4v) is 4.04. The van der Waals surface area contributed by atoms with Crippen LogP contribution in [0, 0.1) is 24.0 Å². The first-order valence-electron chi connectivity index (χ1n) is 8.95. The number of aromatic nitrogens is 1. The Balaban J connectivity index is 1.63. The summed E-state index contributed by atoms with van der Waals surface area (Å²) in [7, 11) is 0. The van der Waals surface area contributed by atoms with E-state index in [1.165, 1.54) is 18.2 Å². The predicted molar refractivity (Wildman–Crippen MR) is 116 cm³/mol. The van der Waals surface area contributed by atoms with Crippen molar-refractivity contribution in [3.63, 3.8) is 0 Å². The number of aryl methyl sites for hydroxylation is 2. The van der Waals surface area contributed by atoms with Gasteiger partial charge in [-0.25, -0.2) is 4.98 Å². The molecule has 3 aromatic carbocycles. The molecule has 0 saturated carbocycles. The second-order valence-corrected chi connectivity index (χ2v) is 7.76. The molecule has 0 aliphatic heterocycles. The highest BCUT2D eigenvalue weighted by atomic mass is 32.1. The molecule has 0 atom stereocenters. The van der Waals surface area contributed by atoms with Crippen LogP contribution in [0.15, 0.2) is 60.7 Å². The molecule has 6 nitrogen and oxygen atoms in total. The van der Waals surface area contributed by atoms with Gasteiger partial charge < -0.3 is 5.32 Å². The number of amides is 1. The lowest BCUT2D eigenvalue weighted by Gasteiger charge is -2.10. The Morgan fingerprint density at radius 1 is 1.03 bits per heavy atom. The molecule has 0 aliphatic rings. The summed E-state index contributed by atoms with van der Waals surface area (Å²) in [6.07, 6.45) is 0. The fraction of sp³-hybridized carbons (Fsp3) is 0.0909. The normalized spacial score (nSPS) is 10.8. The molecule has 0 bridgehead atoms. The molecule has 29 heavy (non-hydrogen) atoms. The Morgan fingerprint density at radius 2 is 1.83 bits per heavy atom. The van der Waals surface area contributed by atoms with Crippen LogP contribution >= 0.6 is 11.3 Å². The first-order chi connectivity index (χ1) is 13.9. The van der Waals surface area contributed by atoms with Gasteiger partial charge >= 0.3 is 0 Å².